The first kappa shape index (κ1) is 16.4. The van der Waals surface area contributed by atoms with Crippen LogP contribution in [0, 0.1) is 13.8 Å². The molecule has 0 saturated heterocycles. The Morgan fingerprint density at radius 3 is 1.75 bits per heavy atom. The quantitative estimate of drug-likeness (QED) is 0.667. The summed E-state index contributed by atoms with van der Waals surface area (Å²) in [5, 5.41) is 3.02. The first-order valence-corrected chi connectivity index (χ1v) is 8.80. The number of amides is 4. The summed E-state index contributed by atoms with van der Waals surface area (Å²) in [5.74, 6) is -1.99. The lowest BCUT2D eigenvalue weighted by Crippen LogP contribution is -2.42. The molecule has 2 heterocycles. The third-order valence-corrected chi connectivity index (χ3v) is 5.35. The standard InChI is InChI=1S/C22H14N2O4/c1-10-3-4-11(2)16(9-10)24-21(27)14-7-5-12-17-13(20(26)23-19(12)25)6-8-15(18(14)17)22(24)28/h3-9H,1-2H3,(H,23,25,26). The van der Waals surface area contributed by atoms with E-state index in [9.17, 15) is 19.2 Å². The first-order chi connectivity index (χ1) is 13.4. The Morgan fingerprint density at radius 2 is 1.18 bits per heavy atom. The van der Waals surface area contributed by atoms with E-state index in [0.29, 0.717) is 27.6 Å². The number of nitrogens with one attached hydrogen (secondary N) is 1. The van der Waals surface area contributed by atoms with Crippen LogP contribution in [0.5, 0.6) is 0 Å². The van der Waals surface area contributed by atoms with Crippen molar-refractivity contribution in [1.82, 2.24) is 5.32 Å². The van der Waals surface area contributed by atoms with Gasteiger partial charge in [-0.15, -0.1) is 0 Å². The van der Waals surface area contributed by atoms with Crippen molar-refractivity contribution in [3.8, 4) is 0 Å². The van der Waals surface area contributed by atoms with Crippen molar-refractivity contribution in [2.45, 2.75) is 13.8 Å². The number of imide groups is 2. The number of anilines is 1. The van der Waals surface area contributed by atoms with Gasteiger partial charge in [0, 0.05) is 33.0 Å². The van der Waals surface area contributed by atoms with Crippen LogP contribution < -0.4 is 10.2 Å². The fraction of sp³-hybridized carbons (Fsp3) is 0.0909. The molecule has 5 rings (SSSR count). The Hall–Kier alpha value is -3.80. The fourth-order valence-corrected chi connectivity index (χ4v) is 3.98. The van der Waals surface area contributed by atoms with Crippen molar-refractivity contribution < 1.29 is 19.2 Å². The van der Waals surface area contributed by atoms with Crippen molar-refractivity contribution in [3.05, 3.63) is 75.8 Å². The fourth-order valence-electron chi connectivity index (χ4n) is 3.98. The van der Waals surface area contributed by atoms with E-state index in [-0.39, 0.29) is 11.1 Å². The normalized spacial score (nSPS) is 15.3. The van der Waals surface area contributed by atoms with Gasteiger partial charge in [0.15, 0.2) is 0 Å². The van der Waals surface area contributed by atoms with Gasteiger partial charge < -0.3 is 0 Å². The summed E-state index contributed by atoms with van der Waals surface area (Å²) in [5.41, 5.74) is 3.45. The molecule has 2 aliphatic heterocycles. The van der Waals surface area contributed by atoms with Crippen molar-refractivity contribution in [2.75, 3.05) is 4.90 Å². The molecule has 0 fully saturated rings. The Labute approximate surface area is 159 Å². The number of benzene rings is 3. The number of hydrogen-bond acceptors (Lipinski definition) is 4. The van der Waals surface area contributed by atoms with Crippen molar-refractivity contribution in [2.24, 2.45) is 0 Å². The lowest BCUT2D eigenvalue weighted by molar-refractivity contribution is 0.0837. The molecule has 1 N–H and O–H groups in total. The number of aryl methyl sites for hydroxylation is 2. The Morgan fingerprint density at radius 1 is 0.679 bits per heavy atom. The Balaban J connectivity index is 1.84. The van der Waals surface area contributed by atoms with E-state index in [1.807, 2.05) is 26.0 Å². The van der Waals surface area contributed by atoms with Crippen LogP contribution in [0.15, 0.2) is 42.5 Å². The summed E-state index contributed by atoms with van der Waals surface area (Å²) >= 11 is 0. The number of carbonyl (C=O) groups is 4. The predicted octanol–water partition coefficient (Wildman–Crippen LogP) is 3.14. The molecule has 6 heteroatoms. The minimum absolute atomic E-state index is 0.288. The largest absolute Gasteiger partial charge is 0.288 e. The topological polar surface area (TPSA) is 83.6 Å². The summed E-state index contributed by atoms with van der Waals surface area (Å²) in [6, 6.07) is 11.7. The Bertz CT molecular complexity index is 1220. The van der Waals surface area contributed by atoms with Gasteiger partial charge in [-0.05, 0) is 55.3 Å². The lowest BCUT2D eigenvalue weighted by Gasteiger charge is -2.30. The maximum absolute atomic E-state index is 13.3. The van der Waals surface area contributed by atoms with Crippen LogP contribution in [-0.2, 0) is 0 Å². The van der Waals surface area contributed by atoms with Crippen LogP contribution in [0.1, 0.15) is 52.6 Å². The number of hydrogen-bond donors (Lipinski definition) is 1. The van der Waals surface area contributed by atoms with E-state index in [1.165, 1.54) is 17.0 Å². The van der Waals surface area contributed by atoms with E-state index < -0.39 is 23.6 Å². The van der Waals surface area contributed by atoms with Gasteiger partial charge in [-0.1, -0.05) is 12.1 Å². The zero-order valence-corrected chi connectivity index (χ0v) is 15.1. The van der Waals surface area contributed by atoms with Gasteiger partial charge in [-0.2, -0.15) is 0 Å². The molecular formula is C22H14N2O4. The van der Waals surface area contributed by atoms with Crippen molar-refractivity contribution in [1.29, 1.82) is 0 Å². The molecule has 0 bridgehead atoms. The van der Waals surface area contributed by atoms with Crippen LogP contribution in [0.2, 0.25) is 0 Å². The first-order valence-electron chi connectivity index (χ1n) is 8.80. The van der Waals surface area contributed by atoms with Gasteiger partial charge in [-0.25, -0.2) is 4.90 Å². The lowest BCUT2D eigenvalue weighted by atomic mass is 9.86. The zero-order chi connectivity index (χ0) is 19.7. The molecule has 136 valence electrons. The van der Waals surface area contributed by atoms with Crippen molar-refractivity contribution >= 4 is 40.1 Å². The van der Waals surface area contributed by atoms with Crippen LogP contribution in [0.25, 0.3) is 10.8 Å². The SMILES string of the molecule is Cc1ccc(C)c(N2C(=O)c3ccc4c5c(ccc(c35)C2=O)C(=O)NC4=O)c1. The molecule has 0 atom stereocenters. The summed E-state index contributed by atoms with van der Waals surface area (Å²) in [4.78, 5) is 52.2. The second-order valence-corrected chi connectivity index (χ2v) is 7.09. The molecule has 0 radical (unpaired) electrons. The summed E-state index contributed by atoms with van der Waals surface area (Å²) in [6.45, 7) is 3.74. The maximum Gasteiger partial charge on any atom is 0.265 e. The molecule has 0 unspecified atom stereocenters. The number of rotatable bonds is 1. The summed E-state index contributed by atoms with van der Waals surface area (Å²) in [7, 11) is 0. The molecule has 6 nitrogen and oxygen atoms in total. The van der Waals surface area contributed by atoms with E-state index in [2.05, 4.69) is 5.32 Å². The number of carbonyl (C=O) groups excluding carboxylic acids is 4. The maximum atomic E-state index is 13.3. The van der Waals surface area contributed by atoms with Crippen LogP contribution in [-0.4, -0.2) is 23.6 Å². The van der Waals surface area contributed by atoms with E-state index >= 15 is 0 Å². The highest BCUT2D eigenvalue weighted by Gasteiger charge is 2.38. The van der Waals surface area contributed by atoms with E-state index in [1.54, 1.807) is 18.2 Å². The molecule has 2 aliphatic rings. The summed E-state index contributed by atoms with van der Waals surface area (Å²) in [6.07, 6.45) is 0. The van der Waals surface area contributed by atoms with Gasteiger partial charge >= 0.3 is 0 Å². The summed E-state index contributed by atoms with van der Waals surface area (Å²) < 4.78 is 0. The van der Waals surface area contributed by atoms with E-state index in [4.69, 9.17) is 0 Å². The third-order valence-electron chi connectivity index (χ3n) is 5.35. The smallest absolute Gasteiger partial charge is 0.265 e. The van der Waals surface area contributed by atoms with Gasteiger partial charge in [0.1, 0.15) is 0 Å². The minimum atomic E-state index is -0.530. The van der Waals surface area contributed by atoms with Crippen LogP contribution in [0.3, 0.4) is 0 Å². The highest BCUT2D eigenvalue weighted by Crippen LogP contribution is 2.38. The third kappa shape index (κ3) is 1.97. The highest BCUT2D eigenvalue weighted by atomic mass is 16.2. The van der Waals surface area contributed by atoms with Gasteiger partial charge in [0.2, 0.25) is 0 Å². The predicted molar refractivity (Wildman–Crippen MR) is 103 cm³/mol. The highest BCUT2D eigenvalue weighted by molar-refractivity contribution is 6.39. The van der Waals surface area contributed by atoms with Gasteiger partial charge in [-0.3, -0.25) is 24.5 Å². The molecule has 4 amide bonds. The molecule has 0 aromatic heterocycles. The molecule has 0 saturated carbocycles. The van der Waals surface area contributed by atoms with Crippen LogP contribution >= 0.6 is 0 Å². The van der Waals surface area contributed by atoms with Gasteiger partial charge in [0.05, 0.1) is 5.69 Å². The average molecular weight is 370 g/mol. The molecule has 3 aromatic rings. The number of nitrogens with zero attached hydrogens (tertiary/aromatic N) is 1. The van der Waals surface area contributed by atoms with E-state index in [0.717, 1.165) is 11.1 Å². The minimum Gasteiger partial charge on any atom is -0.288 e. The molecule has 3 aromatic carbocycles. The second kappa shape index (κ2) is 5.36. The van der Waals surface area contributed by atoms with Crippen LogP contribution in [0.4, 0.5) is 5.69 Å². The molecular weight excluding hydrogens is 356 g/mol. The molecule has 28 heavy (non-hydrogen) atoms. The zero-order valence-electron chi connectivity index (χ0n) is 15.1. The van der Waals surface area contributed by atoms with Crippen molar-refractivity contribution in [3.63, 3.8) is 0 Å². The monoisotopic (exact) mass is 370 g/mol. The molecule has 0 spiro atoms. The van der Waals surface area contributed by atoms with Gasteiger partial charge in [0.25, 0.3) is 23.6 Å². The second-order valence-electron chi connectivity index (χ2n) is 7.09. The average Bonchev–Trinajstić information content (AvgIpc) is 2.67. The Kier molecular flexibility index (Phi) is 3.13. The molecule has 0 aliphatic carbocycles.